The van der Waals surface area contributed by atoms with Gasteiger partial charge in [-0.15, -0.1) is 0 Å². The summed E-state index contributed by atoms with van der Waals surface area (Å²) in [6.07, 6.45) is -0.642. The van der Waals surface area contributed by atoms with Gasteiger partial charge in [0.25, 0.3) is 0 Å². The van der Waals surface area contributed by atoms with Crippen LogP contribution in [0.2, 0.25) is 0 Å². The molecule has 0 saturated heterocycles. The molecule has 0 heterocycles. The van der Waals surface area contributed by atoms with Crippen LogP contribution in [0.1, 0.15) is 18.4 Å². The lowest BCUT2D eigenvalue weighted by molar-refractivity contribution is -0.140. The summed E-state index contributed by atoms with van der Waals surface area (Å²) in [5, 5.41) is 21.9. The first kappa shape index (κ1) is 16.4. The molecule has 4 N–H and O–H groups in total. The second kappa shape index (κ2) is 7.22. The number of benzene rings is 1. The molecule has 1 rings (SSSR count). The van der Waals surface area contributed by atoms with Gasteiger partial charge in [-0.05, 0) is 25.5 Å². The summed E-state index contributed by atoms with van der Waals surface area (Å²) in [5.41, 5.74) is 0.417. The van der Waals surface area contributed by atoms with Crippen molar-refractivity contribution in [2.75, 3.05) is 5.32 Å². The summed E-state index contributed by atoms with van der Waals surface area (Å²) in [4.78, 5) is 33.0. The van der Waals surface area contributed by atoms with Crippen molar-refractivity contribution in [3.8, 4) is 0 Å². The topological polar surface area (TPSA) is 116 Å². The summed E-state index contributed by atoms with van der Waals surface area (Å²) in [6, 6.07) is 1.91. The molecule has 7 nitrogen and oxygen atoms in total. The Morgan fingerprint density at radius 2 is 1.95 bits per heavy atom. The van der Waals surface area contributed by atoms with Crippen molar-refractivity contribution in [1.29, 1.82) is 0 Å². The van der Waals surface area contributed by atoms with E-state index in [1.165, 1.54) is 25.1 Å². The Morgan fingerprint density at radius 1 is 1.29 bits per heavy atom. The Kier molecular flexibility index (Phi) is 5.65. The molecule has 1 aromatic rings. The van der Waals surface area contributed by atoms with Gasteiger partial charge in [0.15, 0.2) is 0 Å². The third kappa shape index (κ3) is 5.09. The lowest BCUT2D eigenvalue weighted by atomic mass is 10.1. The monoisotopic (exact) mass is 298 g/mol. The first-order valence-electron chi connectivity index (χ1n) is 6.08. The smallest absolute Gasteiger partial charge is 0.326 e. The van der Waals surface area contributed by atoms with Crippen LogP contribution >= 0.6 is 0 Å². The van der Waals surface area contributed by atoms with Gasteiger partial charge >= 0.3 is 18.0 Å². The number of carboxylic acid groups (broad SMARTS) is 2. The molecule has 0 bridgehead atoms. The first-order chi connectivity index (χ1) is 9.81. The van der Waals surface area contributed by atoms with Crippen molar-refractivity contribution in [3.05, 3.63) is 29.6 Å². The fraction of sp³-hybridized carbons (Fsp3) is 0.308. The molecular weight excluding hydrogens is 283 g/mol. The number of halogens is 1. The molecule has 0 radical (unpaired) electrons. The number of anilines is 1. The maximum atomic E-state index is 13.3. The number of carbonyl (C=O) groups excluding carboxylic acids is 1. The fourth-order valence-electron chi connectivity index (χ4n) is 1.58. The Balaban J connectivity index is 2.67. The van der Waals surface area contributed by atoms with Crippen LogP contribution in [-0.2, 0) is 9.59 Å². The zero-order valence-corrected chi connectivity index (χ0v) is 11.2. The molecule has 8 heteroatoms. The molecule has 0 aromatic heterocycles. The van der Waals surface area contributed by atoms with E-state index >= 15 is 0 Å². The Bertz CT molecular complexity index is 561. The van der Waals surface area contributed by atoms with Gasteiger partial charge in [0.05, 0.1) is 0 Å². The molecule has 0 aliphatic heterocycles. The van der Waals surface area contributed by atoms with Crippen molar-refractivity contribution in [3.63, 3.8) is 0 Å². The number of hydrogen-bond acceptors (Lipinski definition) is 3. The number of carboxylic acids is 2. The van der Waals surface area contributed by atoms with Gasteiger partial charge < -0.3 is 20.8 Å². The van der Waals surface area contributed by atoms with Gasteiger partial charge in [0.2, 0.25) is 0 Å². The van der Waals surface area contributed by atoms with Crippen molar-refractivity contribution in [1.82, 2.24) is 5.32 Å². The standard InChI is InChI=1S/C13H15FN2O5/c1-7-8(14)3-2-4-9(7)15-13(21)16-10(12(19)20)5-6-11(17)18/h2-4,10H,5-6H2,1H3,(H,17,18)(H,19,20)(H2,15,16,21)/t10-/m0/s1. The van der Waals surface area contributed by atoms with Gasteiger partial charge in [0, 0.05) is 17.7 Å². The van der Waals surface area contributed by atoms with Crippen LogP contribution in [-0.4, -0.2) is 34.2 Å². The highest BCUT2D eigenvalue weighted by molar-refractivity contribution is 5.93. The SMILES string of the molecule is Cc1c(F)cccc1NC(=O)N[C@@H](CCC(=O)O)C(=O)O. The molecular formula is C13H15FN2O5. The molecule has 0 spiro atoms. The maximum absolute atomic E-state index is 13.3. The average molecular weight is 298 g/mol. The minimum atomic E-state index is -1.35. The van der Waals surface area contributed by atoms with E-state index < -0.39 is 36.2 Å². The highest BCUT2D eigenvalue weighted by Crippen LogP contribution is 2.17. The summed E-state index contributed by atoms with van der Waals surface area (Å²) >= 11 is 0. The fourth-order valence-corrected chi connectivity index (χ4v) is 1.58. The second-order valence-electron chi connectivity index (χ2n) is 4.33. The molecule has 0 unspecified atom stereocenters. The van der Waals surface area contributed by atoms with Gasteiger partial charge in [-0.25, -0.2) is 14.0 Å². The van der Waals surface area contributed by atoms with Crippen LogP contribution in [0.3, 0.4) is 0 Å². The molecule has 0 fully saturated rings. The highest BCUT2D eigenvalue weighted by atomic mass is 19.1. The van der Waals surface area contributed by atoms with E-state index in [4.69, 9.17) is 10.2 Å². The van der Waals surface area contributed by atoms with E-state index in [1.54, 1.807) is 0 Å². The number of hydrogen-bond donors (Lipinski definition) is 4. The lowest BCUT2D eigenvalue weighted by Gasteiger charge is -2.15. The van der Waals surface area contributed by atoms with E-state index in [1.807, 2.05) is 0 Å². The van der Waals surface area contributed by atoms with E-state index in [0.717, 1.165) is 0 Å². The lowest BCUT2D eigenvalue weighted by Crippen LogP contribution is -2.43. The third-order valence-corrected chi connectivity index (χ3v) is 2.77. The number of aliphatic carboxylic acids is 2. The predicted molar refractivity (Wildman–Crippen MR) is 71.6 cm³/mol. The Labute approximate surface area is 119 Å². The van der Waals surface area contributed by atoms with Gasteiger partial charge in [0.1, 0.15) is 11.9 Å². The summed E-state index contributed by atoms with van der Waals surface area (Å²) in [7, 11) is 0. The van der Waals surface area contributed by atoms with E-state index in [0.29, 0.717) is 0 Å². The van der Waals surface area contributed by atoms with Gasteiger partial charge in [-0.2, -0.15) is 0 Å². The Hall–Kier alpha value is -2.64. The van der Waals surface area contributed by atoms with Gasteiger partial charge in [-0.1, -0.05) is 6.07 Å². The molecule has 0 aliphatic rings. The summed E-state index contributed by atoms with van der Waals surface area (Å²) in [5.74, 6) is -3.01. The van der Waals surface area contributed by atoms with E-state index in [9.17, 15) is 18.8 Å². The predicted octanol–water partition coefficient (Wildman–Crippen LogP) is 1.57. The molecule has 21 heavy (non-hydrogen) atoms. The average Bonchev–Trinajstić information content (AvgIpc) is 2.39. The summed E-state index contributed by atoms with van der Waals surface area (Å²) in [6.45, 7) is 1.46. The van der Waals surface area contributed by atoms with Crippen LogP contribution in [0.4, 0.5) is 14.9 Å². The van der Waals surface area contributed by atoms with Crippen molar-refractivity contribution < 1.29 is 29.0 Å². The van der Waals surface area contributed by atoms with Crippen LogP contribution in [0, 0.1) is 12.7 Å². The minimum absolute atomic E-state index is 0.204. The zero-order valence-electron chi connectivity index (χ0n) is 11.2. The number of carbonyl (C=O) groups is 3. The Morgan fingerprint density at radius 3 is 2.52 bits per heavy atom. The number of nitrogens with one attached hydrogen (secondary N) is 2. The van der Waals surface area contributed by atoms with Crippen molar-refractivity contribution in [2.45, 2.75) is 25.8 Å². The van der Waals surface area contributed by atoms with Crippen molar-refractivity contribution in [2.24, 2.45) is 0 Å². The molecule has 1 aromatic carbocycles. The summed E-state index contributed by atoms with van der Waals surface area (Å²) < 4.78 is 13.3. The van der Waals surface area contributed by atoms with Crippen LogP contribution in [0.15, 0.2) is 18.2 Å². The highest BCUT2D eigenvalue weighted by Gasteiger charge is 2.21. The molecule has 1 atom stereocenters. The van der Waals surface area contributed by atoms with Crippen LogP contribution < -0.4 is 10.6 Å². The zero-order chi connectivity index (χ0) is 16.0. The first-order valence-corrected chi connectivity index (χ1v) is 6.08. The quantitative estimate of drug-likeness (QED) is 0.636. The third-order valence-electron chi connectivity index (χ3n) is 2.77. The van der Waals surface area contributed by atoms with Crippen LogP contribution in [0.25, 0.3) is 0 Å². The van der Waals surface area contributed by atoms with E-state index in [-0.39, 0.29) is 17.7 Å². The largest absolute Gasteiger partial charge is 0.481 e. The molecule has 2 amide bonds. The maximum Gasteiger partial charge on any atom is 0.326 e. The minimum Gasteiger partial charge on any atom is -0.481 e. The normalized spacial score (nSPS) is 11.5. The second-order valence-corrected chi connectivity index (χ2v) is 4.33. The molecule has 0 saturated carbocycles. The van der Waals surface area contributed by atoms with E-state index in [2.05, 4.69) is 10.6 Å². The molecule has 0 aliphatic carbocycles. The van der Waals surface area contributed by atoms with Crippen molar-refractivity contribution >= 4 is 23.7 Å². The van der Waals surface area contributed by atoms with Crippen LogP contribution in [0.5, 0.6) is 0 Å². The number of urea groups is 1. The number of amides is 2. The number of rotatable bonds is 6. The van der Waals surface area contributed by atoms with Gasteiger partial charge in [-0.3, -0.25) is 4.79 Å². The molecule has 114 valence electrons.